The molecule has 0 heterocycles. The number of amides is 1. The van der Waals surface area contributed by atoms with E-state index in [0.29, 0.717) is 18.3 Å². The minimum Gasteiger partial charge on any atom is -0.399 e. The van der Waals surface area contributed by atoms with Gasteiger partial charge in [-0.2, -0.15) is 0 Å². The molecular weight excluding hydrogens is 318 g/mol. The summed E-state index contributed by atoms with van der Waals surface area (Å²) in [5, 5.41) is 2.94. The molecule has 0 spiro atoms. The number of nitrogens with two attached hydrogens (primary N) is 1. The number of nitrogens with one attached hydrogen (secondary N) is 1. The molecule has 0 radical (unpaired) electrons. The number of nitrogen functional groups attached to an aromatic ring is 1. The number of rotatable bonds is 7. The Morgan fingerprint density at radius 1 is 1.50 bits per heavy atom. The number of carbonyl (C=O) groups is 1. The zero-order valence-corrected chi connectivity index (χ0v) is 13.4. The SMILES string of the molecule is CCCCN(CC(=O)Nc1ccc(N)cc1Br)C1CC1. The van der Waals surface area contributed by atoms with Crippen LogP contribution in [-0.2, 0) is 4.79 Å². The van der Waals surface area contributed by atoms with Gasteiger partial charge in [0.05, 0.1) is 12.2 Å². The molecule has 1 saturated carbocycles. The van der Waals surface area contributed by atoms with E-state index in [1.54, 1.807) is 12.1 Å². The van der Waals surface area contributed by atoms with Crippen molar-refractivity contribution in [2.75, 3.05) is 24.1 Å². The Labute approximate surface area is 128 Å². The summed E-state index contributed by atoms with van der Waals surface area (Å²) in [4.78, 5) is 14.4. The predicted molar refractivity (Wildman–Crippen MR) is 86.7 cm³/mol. The third-order valence-corrected chi connectivity index (χ3v) is 4.13. The van der Waals surface area contributed by atoms with Gasteiger partial charge in [-0.1, -0.05) is 13.3 Å². The first kappa shape index (κ1) is 15.3. The highest BCUT2D eigenvalue weighted by Gasteiger charge is 2.29. The summed E-state index contributed by atoms with van der Waals surface area (Å²) in [7, 11) is 0. The van der Waals surface area contributed by atoms with Crippen LogP contribution in [0.1, 0.15) is 32.6 Å². The molecule has 1 fully saturated rings. The maximum Gasteiger partial charge on any atom is 0.238 e. The van der Waals surface area contributed by atoms with Crippen LogP contribution in [0.25, 0.3) is 0 Å². The molecule has 3 N–H and O–H groups in total. The Balaban J connectivity index is 1.90. The molecule has 0 aromatic heterocycles. The van der Waals surface area contributed by atoms with Gasteiger partial charge in [0.1, 0.15) is 0 Å². The van der Waals surface area contributed by atoms with Crippen LogP contribution in [0.2, 0.25) is 0 Å². The van der Waals surface area contributed by atoms with Gasteiger partial charge >= 0.3 is 0 Å². The van der Waals surface area contributed by atoms with E-state index in [4.69, 9.17) is 5.73 Å². The van der Waals surface area contributed by atoms with Gasteiger partial charge < -0.3 is 11.1 Å². The van der Waals surface area contributed by atoms with Crippen LogP contribution in [0, 0.1) is 0 Å². The zero-order chi connectivity index (χ0) is 14.5. The number of hydrogen-bond acceptors (Lipinski definition) is 3. The Morgan fingerprint density at radius 2 is 2.25 bits per heavy atom. The molecule has 1 aliphatic carbocycles. The molecule has 0 bridgehead atoms. The molecule has 1 aromatic rings. The molecule has 0 saturated heterocycles. The Kier molecular flexibility index (Phi) is 5.43. The first-order chi connectivity index (χ1) is 9.60. The van der Waals surface area contributed by atoms with E-state index in [2.05, 4.69) is 33.1 Å². The number of benzene rings is 1. The number of hydrogen-bond donors (Lipinski definition) is 2. The maximum atomic E-state index is 12.2. The van der Waals surface area contributed by atoms with Gasteiger partial charge in [-0.15, -0.1) is 0 Å². The van der Waals surface area contributed by atoms with Gasteiger partial charge in [-0.25, -0.2) is 0 Å². The van der Waals surface area contributed by atoms with Crippen LogP contribution in [0.4, 0.5) is 11.4 Å². The van der Waals surface area contributed by atoms with E-state index in [1.807, 2.05) is 6.07 Å². The summed E-state index contributed by atoms with van der Waals surface area (Å²) in [6, 6.07) is 6.02. The molecule has 1 aliphatic rings. The smallest absolute Gasteiger partial charge is 0.238 e. The number of anilines is 2. The fourth-order valence-corrected chi connectivity index (χ4v) is 2.69. The van der Waals surface area contributed by atoms with E-state index >= 15 is 0 Å². The zero-order valence-electron chi connectivity index (χ0n) is 11.9. The van der Waals surface area contributed by atoms with Gasteiger partial charge in [0.15, 0.2) is 0 Å². The minimum atomic E-state index is 0.0403. The fraction of sp³-hybridized carbons (Fsp3) is 0.533. The highest BCUT2D eigenvalue weighted by atomic mass is 79.9. The first-order valence-corrected chi connectivity index (χ1v) is 7.98. The Morgan fingerprint density at radius 3 is 2.85 bits per heavy atom. The second-order valence-corrected chi connectivity index (χ2v) is 6.20. The molecule has 1 amide bonds. The molecular formula is C15H22BrN3O. The quantitative estimate of drug-likeness (QED) is 0.749. The van der Waals surface area contributed by atoms with E-state index < -0.39 is 0 Å². The second-order valence-electron chi connectivity index (χ2n) is 5.34. The number of halogens is 1. The number of unbranched alkanes of at least 4 members (excludes halogenated alkanes) is 1. The molecule has 1 aromatic carbocycles. The normalized spacial score (nSPS) is 14.6. The van der Waals surface area contributed by atoms with Gasteiger partial charge in [-0.05, 0) is 59.9 Å². The summed E-state index contributed by atoms with van der Waals surface area (Å²) < 4.78 is 0.817. The van der Waals surface area contributed by atoms with Crippen molar-refractivity contribution in [3.63, 3.8) is 0 Å². The highest BCUT2D eigenvalue weighted by Crippen LogP contribution is 2.28. The van der Waals surface area contributed by atoms with Crippen molar-refractivity contribution in [3.05, 3.63) is 22.7 Å². The number of carbonyl (C=O) groups excluding carboxylic acids is 1. The Bertz CT molecular complexity index is 474. The van der Waals surface area contributed by atoms with E-state index in [1.165, 1.54) is 12.8 Å². The van der Waals surface area contributed by atoms with Crippen molar-refractivity contribution in [1.82, 2.24) is 4.90 Å². The van der Waals surface area contributed by atoms with Crippen LogP contribution in [0.15, 0.2) is 22.7 Å². The third-order valence-electron chi connectivity index (χ3n) is 3.48. The van der Waals surface area contributed by atoms with Crippen molar-refractivity contribution in [3.8, 4) is 0 Å². The summed E-state index contributed by atoms with van der Waals surface area (Å²) in [5.41, 5.74) is 7.14. The van der Waals surface area contributed by atoms with E-state index in [0.717, 1.165) is 29.5 Å². The van der Waals surface area contributed by atoms with Gasteiger partial charge in [0.25, 0.3) is 0 Å². The van der Waals surface area contributed by atoms with Gasteiger partial charge in [-0.3, -0.25) is 9.69 Å². The summed E-state index contributed by atoms with van der Waals surface area (Å²) in [6.45, 7) is 3.66. The van der Waals surface area contributed by atoms with Gasteiger partial charge in [0.2, 0.25) is 5.91 Å². The lowest BCUT2D eigenvalue weighted by atomic mass is 10.2. The maximum absolute atomic E-state index is 12.2. The van der Waals surface area contributed by atoms with E-state index in [9.17, 15) is 4.79 Å². The summed E-state index contributed by atoms with van der Waals surface area (Å²) in [6.07, 6.45) is 4.76. The van der Waals surface area contributed by atoms with Crippen LogP contribution >= 0.6 is 15.9 Å². The molecule has 110 valence electrons. The van der Waals surface area contributed by atoms with Gasteiger partial charge in [0, 0.05) is 16.2 Å². The molecule has 20 heavy (non-hydrogen) atoms. The second kappa shape index (κ2) is 7.09. The molecule has 0 aliphatic heterocycles. The standard InChI is InChI=1S/C15H22BrN3O/c1-2-3-8-19(12-5-6-12)10-15(20)18-14-7-4-11(17)9-13(14)16/h4,7,9,12H,2-3,5-6,8,10,17H2,1H3,(H,18,20). The lowest BCUT2D eigenvalue weighted by Crippen LogP contribution is -2.35. The molecule has 4 nitrogen and oxygen atoms in total. The van der Waals surface area contributed by atoms with Crippen LogP contribution < -0.4 is 11.1 Å². The van der Waals surface area contributed by atoms with Crippen molar-refractivity contribution >= 4 is 33.2 Å². The molecule has 2 rings (SSSR count). The largest absolute Gasteiger partial charge is 0.399 e. The first-order valence-electron chi connectivity index (χ1n) is 7.19. The van der Waals surface area contributed by atoms with Crippen LogP contribution in [-0.4, -0.2) is 29.9 Å². The lowest BCUT2D eigenvalue weighted by Gasteiger charge is -2.21. The molecule has 0 atom stereocenters. The van der Waals surface area contributed by atoms with Crippen molar-refractivity contribution < 1.29 is 4.79 Å². The predicted octanol–water partition coefficient (Wildman–Crippen LogP) is 3.23. The minimum absolute atomic E-state index is 0.0403. The number of nitrogens with zero attached hydrogens (tertiary/aromatic N) is 1. The average molecular weight is 340 g/mol. The average Bonchev–Trinajstić information content (AvgIpc) is 3.22. The van der Waals surface area contributed by atoms with Crippen molar-refractivity contribution in [1.29, 1.82) is 0 Å². The Hall–Kier alpha value is -1.07. The highest BCUT2D eigenvalue weighted by molar-refractivity contribution is 9.10. The fourth-order valence-electron chi connectivity index (χ4n) is 2.20. The topological polar surface area (TPSA) is 58.4 Å². The monoisotopic (exact) mass is 339 g/mol. The van der Waals surface area contributed by atoms with E-state index in [-0.39, 0.29) is 5.91 Å². The van der Waals surface area contributed by atoms with Crippen LogP contribution in [0.5, 0.6) is 0 Å². The summed E-state index contributed by atoms with van der Waals surface area (Å²) >= 11 is 3.42. The lowest BCUT2D eigenvalue weighted by molar-refractivity contribution is -0.117. The van der Waals surface area contributed by atoms with Crippen LogP contribution in [0.3, 0.4) is 0 Å². The summed E-state index contributed by atoms with van der Waals surface area (Å²) in [5.74, 6) is 0.0403. The van der Waals surface area contributed by atoms with Crippen molar-refractivity contribution in [2.24, 2.45) is 0 Å². The molecule has 5 heteroatoms. The third kappa shape index (κ3) is 4.49. The van der Waals surface area contributed by atoms with Crippen molar-refractivity contribution in [2.45, 2.75) is 38.6 Å². The molecule has 0 unspecified atom stereocenters.